The zero-order valence-corrected chi connectivity index (χ0v) is 31.9. The number of anilines is 3. The molecule has 10 aromatic rings. The van der Waals surface area contributed by atoms with E-state index in [0.29, 0.717) is 0 Å². The van der Waals surface area contributed by atoms with Crippen LogP contribution in [0.25, 0.3) is 77.2 Å². The smallest absolute Gasteiger partial charge is 0.143 e. The summed E-state index contributed by atoms with van der Waals surface area (Å²) in [4.78, 5) is 2.46. The molecule has 0 radical (unpaired) electrons. The summed E-state index contributed by atoms with van der Waals surface area (Å²) in [5.41, 5.74) is 17.4. The first kappa shape index (κ1) is 33.2. The summed E-state index contributed by atoms with van der Waals surface area (Å²) in [5, 5.41) is 4.43. The summed E-state index contributed by atoms with van der Waals surface area (Å²) in [7, 11) is 0. The Morgan fingerprint density at radius 1 is 0.386 bits per heavy atom. The van der Waals surface area contributed by atoms with Crippen molar-refractivity contribution in [2.24, 2.45) is 0 Å². The van der Waals surface area contributed by atoms with E-state index in [4.69, 9.17) is 4.42 Å². The van der Waals surface area contributed by atoms with Crippen molar-refractivity contribution in [2.45, 2.75) is 19.3 Å². The predicted octanol–water partition coefficient (Wildman–Crippen LogP) is 15.5. The van der Waals surface area contributed by atoms with E-state index in [-0.39, 0.29) is 5.41 Å². The van der Waals surface area contributed by atoms with Crippen LogP contribution in [0.2, 0.25) is 0 Å². The standard InChI is InChI=1S/C55H39NO/c1-55(2)49-28-12-11-24-44(49)45-31-30-42(34-50(45)55)56(41-23-14-21-39(33-41)37-18-7-4-8-19-37)51-35-48-53-43(40-22-13-20-38(32-40)36-16-5-3-6-17-36)27-15-29-52(53)57-54(48)47-26-10-9-25-46(47)51/h3-35H,1-2H3. The van der Waals surface area contributed by atoms with Gasteiger partial charge in [-0.2, -0.15) is 0 Å². The first-order valence-electron chi connectivity index (χ1n) is 19.8. The molecule has 0 aliphatic heterocycles. The van der Waals surface area contributed by atoms with E-state index in [1.54, 1.807) is 0 Å². The molecule has 0 N–H and O–H groups in total. The van der Waals surface area contributed by atoms with Gasteiger partial charge >= 0.3 is 0 Å². The third kappa shape index (κ3) is 5.33. The molecule has 2 heteroatoms. The number of rotatable bonds is 6. The molecule has 0 fully saturated rings. The summed E-state index contributed by atoms with van der Waals surface area (Å²) in [5.74, 6) is 0. The minimum absolute atomic E-state index is 0.143. The first-order valence-corrected chi connectivity index (χ1v) is 19.8. The first-order chi connectivity index (χ1) is 28.0. The fraction of sp³-hybridized carbons (Fsp3) is 0.0545. The minimum atomic E-state index is -0.143. The molecule has 2 nitrogen and oxygen atoms in total. The lowest BCUT2D eigenvalue weighted by molar-refractivity contribution is 0.660. The van der Waals surface area contributed by atoms with Crippen molar-refractivity contribution in [3.63, 3.8) is 0 Å². The van der Waals surface area contributed by atoms with Crippen molar-refractivity contribution in [2.75, 3.05) is 4.90 Å². The average molecular weight is 730 g/mol. The highest BCUT2D eigenvalue weighted by atomic mass is 16.3. The van der Waals surface area contributed by atoms with Crippen molar-refractivity contribution in [3.8, 4) is 44.5 Å². The van der Waals surface area contributed by atoms with Gasteiger partial charge in [0, 0.05) is 38.3 Å². The maximum absolute atomic E-state index is 6.87. The Bertz CT molecular complexity index is 3150. The van der Waals surface area contributed by atoms with Gasteiger partial charge in [-0.25, -0.2) is 0 Å². The van der Waals surface area contributed by atoms with Gasteiger partial charge in [-0.15, -0.1) is 0 Å². The SMILES string of the molecule is CC1(C)c2ccccc2-c2ccc(N(c3cccc(-c4ccccc4)c3)c3cc4c(oc5cccc(-c6cccc(-c7ccccc7)c6)c54)c4ccccc34)cc21. The molecule has 0 unspecified atom stereocenters. The van der Waals surface area contributed by atoms with Crippen LogP contribution in [0.1, 0.15) is 25.0 Å². The molecule has 0 spiro atoms. The van der Waals surface area contributed by atoms with Crippen molar-refractivity contribution < 1.29 is 4.42 Å². The Kier molecular flexibility index (Phi) is 7.55. The summed E-state index contributed by atoms with van der Waals surface area (Å²) in [6, 6.07) is 72.6. The maximum Gasteiger partial charge on any atom is 0.143 e. The van der Waals surface area contributed by atoms with Crippen LogP contribution in [0.4, 0.5) is 17.1 Å². The molecule has 11 rings (SSSR count). The molecule has 9 aromatic carbocycles. The number of furan rings is 1. The fourth-order valence-electron chi connectivity index (χ4n) is 9.27. The molecule has 0 amide bonds. The molecular weight excluding hydrogens is 691 g/mol. The van der Waals surface area contributed by atoms with Crippen LogP contribution in [0.3, 0.4) is 0 Å². The molecule has 1 aromatic heterocycles. The highest BCUT2D eigenvalue weighted by molar-refractivity contribution is 6.22. The Labute approximate surface area is 332 Å². The quantitative estimate of drug-likeness (QED) is 0.169. The predicted molar refractivity (Wildman–Crippen MR) is 240 cm³/mol. The van der Waals surface area contributed by atoms with Gasteiger partial charge < -0.3 is 9.32 Å². The van der Waals surface area contributed by atoms with Gasteiger partial charge in [-0.3, -0.25) is 0 Å². The Balaban J connectivity index is 1.18. The number of fused-ring (bicyclic) bond motifs is 8. The number of benzene rings is 9. The van der Waals surface area contributed by atoms with Gasteiger partial charge in [0.25, 0.3) is 0 Å². The maximum atomic E-state index is 6.87. The molecule has 1 aliphatic carbocycles. The van der Waals surface area contributed by atoms with E-state index in [2.05, 4.69) is 219 Å². The second-order valence-electron chi connectivity index (χ2n) is 15.7. The third-order valence-electron chi connectivity index (χ3n) is 12.0. The van der Waals surface area contributed by atoms with Crippen LogP contribution in [0.5, 0.6) is 0 Å². The molecule has 0 atom stereocenters. The lowest BCUT2D eigenvalue weighted by Crippen LogP contribution is -2.16. The van der Waals surface area contributed by atoms with Crippen molar-refractivity contribution in [3.05, 3.63) is 211 Å². The lowest BCUT2D eigenvalue weighted by Gasteiger charge is -2.29. The minimum Gasteiger partial charge on any atom is -0.455 e. The third-order valence-corrected chi connectivity index (χ3v) is 12.0. The van der Waals surface area contributed by atoms with Crippen LogP contribution in [0.15, 0.2) is 205 Å². The summed E-state index contributed by atoms with van der Waals surface area (Å²) < 4.78 is 6.87. The molecule has 270 valence electrons. The molecule has 0 saturated carbocycles. The Morgan fingerprint density at radius 3 is 1.75 bits per heavy atom. The van der Waals surface area contributed by atoms with Crippen LogP contribution < -0.4 is 4.90 Å². The topological polar surface area (TPSA) is 16.4 Å². The largest absolute Gasteiger partial charge is 0.455 e. The zero-order chi connectivity index (χ0) is 38.1. The van der Waals surface area contributed by atoms with Crippen LogP contribution in [-0.2, 0) is 5.41 Å². The highest BCUT2D eigenvalue weighted by Crippen LogP contribution is 2.52. The molecule has 0 bridgehead atoms. The molecule has 1 aliphatic rings. The number of hydrogen-bond acceptors (Lipinski definition) is 2. The normalized spacial score (nSPS) is 12.9. The Hall–Kier alpha value is -7.16. The molecule has 0 saturated heterocycles. The van der Waals surface area contributed by atoms with Crippen LogP contribution in [0, 0.1) is 0 Å². The lowest BCUT2D eigenvalue weighted by atomic mass is 9.82. The fourth-order valence-corrected chi connectivity index (χ4v) is 9.27. The number of hydrogen-bond donors (Lipinski definition) is 0. The van der Waals surface area contributed by atoms with Gasteiger partial charge in [0.2, 0.25) is 0 Å². The molecular formula is C55H39NO. The van der Waals surface area contributed by atoms with Gasteiger partial charge in [0.05, 0.1) is 5.69 Å². The Morgan fingerprint density at radius 2 is 0.965 bits per heavy atom. The van der Waals surface area contributed by atoms with Gasteiger partial charge in [-0.05, 0) is 98.1 Å². The second kappa shape index (κ2) is 13.0. The highest BCUT2D eigenvalue weighted by Gasteiger charge is 2.36. The van der Waals surface area contributed by atoms with E-state index in [0.717, 1.165) is 60.9 Å². The van der Waals surface area contributed by atoms with Crippen molar-refractivity contribution in [1.82, 2.24) is 0 Å². The average Bonchev–Trinajstić information content (AvgIpc) is 3.76. The van der Waals surface area contributed by atoms with E-state index < -0.39 is 0 Å². The zero-order valence-electron chi connectivity index (χ0n) is 31.9. The summed E-state index contributed by atoms with van der Waals surface area (Å²) in [6.07, 6.45) is 0. The van der Waals surface area contributed by atoms with Gasteiger partial charge in [0.1, 0.15) is 11.2 Å². The van der Waals surface area contributed by atoms with Crippen molar-refractivity contribution >= 4 is 49.8 Å². The molecule has 57 heavy (non-hydrogen) atoms. The second-order valence-corrected chi connectivity index (χ2v) is 15.7. The van der Waals surface area contributed by atoms with E-state index in [9.17, 15) is 0 Å². The van der Waals surface area contributed by atoms with Crippen LogP contribution >= 0.6 is 0 Å². The van der Waals surface area contributed by atoms with Gasteiger partial charge in [0.15, 0.2) is 0 Å². The van der Waals surface area contributed by atoms with Crippen LogP contribution in [-0.4, -0.2) is 0 Å². The monoisotopic (exact) mass is 729 g/mol. The van der Waals surface area contributed by atoms with E-state index in [1.165, 1.54) is 44.5 Å². The summed E-state index contributed by atoms with van der Waals surface area (Å²) >= 11 is 0. The number of nitrogens with zero attached hydrogens (tertiary/aromatic N) is 1. The van der Waals surface area contributed by atoms with E-state index >= 15 is 0 Å². The van der Waals surface area contributed by atoms with E-state index in [1.807, 2.05) is 0 Å². The summed E-state index contributed by atoms with van der Waals surface area (Å²) in [6.45, 7) is 4.71. The van der Waals surface area contributed by atoms with Crippen molar-refractivity contribution in [1.29, 1.82) is 0 Å². The molecule has 1 heterocycles. The van der Waals surface area contributed by atoms with Gasteiger partial charge in [-0.1, -0.05) is 172 Å².